The molecular weight excluding hydrogens is 192 g/mol. The van der Waals surface area contributed by atoms with Gasteiger partial charge in [0.1, 0.15) is 5.69 Å². The number of amides is 1. The largest absolute Gasteiger partial charge is 0.370 e. The van der Waals surface area contributed by atoms with E-state index in [1.165, 1.54) is 0 Å². The van der Waals surface area contributed by atoms with Gasteiger partial charge in [-0.05, 0) is 19.1 Å². The number of aromatic nitrogens is 1. The fourth-order valence-electron chi connectivity index (χ4n) is 1.38. The Labute approximate surface area is 89.1 Å². The lowest BCUT2D eigenvalue weighted by molar-refractivity contribution is 0.0995. The molecule has 0 radical (unpaired) electrons. The summed E-state index contributed by atoms with van der Waals surface area (Å²) in [7, 11) is 0. The van der Waals surface area contributed by atoms with Crippen LogP contribution in [-0.2, 0) is 0 Å². The molecule has 0 aliphatic heterocycles. The first-order valence-corrected chi connectivity index (χ1v) is 4.90. The maximum absolute atomic E-state index is 10.9. The van der Waals surface area contributed by atoms with Crippen molar-refractivity contribution in [3.05, 3.63) is 24.0 Å². The molecule has 0 aliphatic carbocycles. The highest BCUT2D eigenvalue weighted by Gasteiger charge is 2.07. The molecule has 5 heteroatoms. The van der Waals surface area contributed by atoms with Gasteiger partial charge in [-0.2, -0.15) is 0 Å². The number of anilines is 1. The molecule has 0 bridgehead atoms. The SMILES string of the molecule is CCN(CCN)c1ccnc(C(N)=O)c1. The number of hydrogen-bond acceptors (Lipinski definition) is 4. The van der Waals surface area contributed by atoms with Crippen LogP contribution in [0.4, 0.5) is 5.69 Å². The smallest absolute Gasteiger partial charge is 0.267 e. The van der Waals surface area contributed by atoms with Gasteiger partial charge in [-0.15, -0.1) is 0 Å². The van der Waals surface area contributed by atoms with Crippen molar-refractivity contribution in [3.8, 4) is 0 Å². The zero-order chi connectivity index (χ0) is 11.3. The van der Waals surface area contributed by atoms with Crippen LogP contribution in [0.5, 0.6) is 0 Å². The Kier molecular flexibility index (Phi) is 4.05. The number of hydrogen-bond donors (Lipinski definition) is 2. The first-order chi connectivity index (χ1) is 7.19. The Morgan fingerprint density at radius 1 is 1.60 bits per heavy atom. The highest BCUT2D eigenvalue weighted by Crippen LogP contribution is 2.13. The van der Waals surface area contributed by atoms with E-state index >= 15 is 0 Å². The number of rotatable bonds is 5. The van der Waals surface area contributed by atoms with Gasteiger partial charge in [-0.3, -0.25) is 9.78 Å². The van der Waals surface area contributed by atoms with Gasteiger partial charge in [0.2, 0.25) is 0 Å². The van der Waals surface area contributed by atoms with Crippen LogP contribution in [0.2, 0.25) is 0 Å². The molecule has 0 fully saturated rings. The van der Waals surface area contributed by atoms with Crippen LogP contribution in [0.3, 0.4) is 0 Å². The summed E-state index contributed by atoms with van der Waals surface area (Å²) in [6.07, 6.45) is 1.58. The predicted molar refractivity (Wildman–Crippen MR) is 59.7 cm³/mol. The Hall–Kier alpha value is -1.62. The minimum absolute atomic E-state index is 0.281. The number of carbonyl (C=O) groups excluding carboxylic acids is 1. The van der Waals surface area contributed by atoms with Crippen LogP contribution < -0.4 is 16.4 Å². The Morgan fingerprint density at radius 2 is 2.33 bits per heavy atom. The van der Waals surface area contributed by atoms with E-state index in [1.807, 2.05) is 13.0 Å². The first kappa shape index (κ1) is 11.5. The van der Waals surface area contributed by atoms with Crippen molar-refractivity contribution in [2.75, 3.05) is 24.5 Å². The number of nitrogens with two attached hydrogens (primary N) is 2. The molecule has 82 valence electrons. The van der Waals surface area contributed by atoms with Crippen molar-refractivity contribution in [2.24, 2.45) is 11.5 Å². The summed E-state index contributed by atoms with van der Waals surface area (Å²) in [6, 6.07) is 3.52. The molecule has 0 unspecified atom stereocenters. The molecule has 4 N–H and O–H groups in total. The second-order valence-corrected chi connectivity index (χ2v) is 3.13. The zero-order valence-corrected chi connectivity index (χ0v) is 8.81. The highest BCUT2D eigenvalue weighted by atomic mass is 16.1. The molecule has 1 rings (SSSR count). The van der Waals surface area contributed by atoms with E-state index < -0.39 is 5.91 Å². The van der Waals surface area contributed by atoms with E-state index in [2.05, 4.69) is 9.88 Å². The van der Waals surface area contributed by atoms with Gasteiger partial charge in [0, 0.05) is 31.5 Å². The third-order valence-corrected chi connectivity index (χ3v) is 2.14. The molecular formula is C10H16N4O. The Morgan fingerprint density at radius 3 is 2.87 bits per heavy atom. The quantitative estimate of drug-likeness (QED) is 0.711. The summed E-state index contributed by atoms with van der Waals surface area (Å²) >= 11 is 0. The van der Waals surface area contributed by atoms with Crippen LogP contribution in [-0.4, -0.2) is 30.5 Å². The first-order valence-electron chi connectivity index (χ1n) is 4.90. The van der Waals surface area contributed by atoms with Crippen molar-refractivity contribution in [1.29, 1.82) is 0 Å². The van der Waals surface area contributed by atoms with Crippen LogP contribution in [0.25, 0.3) is 0 Å². The number of carbonyl (C=O) groups is 1. The van der Waals surface area contributed by atoms with Gasteiger partial charge < -0.3 is 16.4 Å². The summed E-state index contributed by atoms with van der Waals surface area (Å²) in [6.45, 7) is 4.18. The van der Waals surface area contributed by atoms with E-state index in [1.54, 1.807) is 12.3 Å². The minimum Gasteiger partial charge on any atom is -0.370 e. The van der Waals surface area contributed by atoms with E-state index in [0.29, 0.717) is 6.54 Å². The van der Waals surface area contributed by atoms with Crippen molar-refractivity contribution in [3.63, 3.8) is 0 Å². The number of pyridine rings is 1. The van der Waals surface area contributed by atoms with Crippen LogP contribution in [0.1, 0.15) is 17.4 Å². The van der Waals surface area contributed by atoms with E-state index in [-0.39, 0.29) is 5.69 Å². The molecule has 0 atom stereocenters. The van der Waals surface area contributed by atoms with Gasteiger partial charge in [0.25, 0.3) is 5.91 Å². The maximum Gasteiger partial charge on any atom is 0.267 e. The molecule has 1 aromatic rings. The zero-order valence-electron chi connectivity index (χ0n) is 8.81. The van der Waals surface area contributed by atoms with Gasteiger partial charge in [-0.25, -0.2) is 0 Å². The highest BCUT2D eigenvalue weighted by molar-refractivity contribution is 5.91. The summed E-state index contributed by atoms with van der Waals surface area (Å²) in [5.41, 5.74) is 11.8. The standard InChI is InChI=1S/C10H16N4O/c1-2-14(6-4-11)8-3-5-13-9(7-8)10(12)15/h3,5,7H,2,4,6,11H2,1H3,(H2,12,15). The van der Waals surface area contributed by atoms with E-state index in [4.69, 9.17) is 11.5 Å². The second kappa shape index (κ2) is 5.31. The average molecular weight is 208 g/mol. The van der Waals surface area contributed by atoms with Crippen molar-refractivity contribution in [2.45, 2.75) is 6.92 Å². The molecule has 0 spiro atoms. The summed E-state index contributed by atoms with van der Waals surface area (Å²) in [5, 5.41) is 0. The van der Waals surface area contributed by atoms with Crippen LogP contribution in [0.15, 0.2) is 18.3 Å². The Balaban J connectivity index is 2.92. The fraction of sp³-hybridized carbons (Fsp3) is 0.400. The number of primary amides is 1. The molecule has 5 nitrogen and oxygen atoms in total. The van der Waals surface area contributed by atoms with Crippen molar-refractivity contribution in [1.82, 2.24) is 4.98 Å². The normalized spacial score (nSPS) is 10.0. The second-order valence-electron chi connectivity index (χ2n) is 3.13. The van der Waals surface area contributed by atoms with Gasteiger partial charge in [0.05, 0.1) is 0 Å². The van der Waals surface area contributed by atoms with Gasteiger partial charge in [0.15, 0.2) is 0 Å². The summed E-state index contributed by atoms with van der Waals surface area (Å²) in [5.74, 6) is -0.513. The Bertz CT molecular complexity index is 340. The molecule has 1 aromatic heterocycles. The summed E-state index contributed by atoms with van der Waals surface area (Å²) in [4.78, 5) is 16.9. The van der Waals surface area contributed by atoms with Crippen molar-refractivity contribution < 1.29 is 4.79 Å². The molecule has 0 saturated heterocycles. The summed E-state index contributed by atoms with van der Waals surface area (Å²) < 4.78 is 0. The molecule has 0 aromatic carbocycles. The average Bonchev–Trinajstić information content (AvgIpc) is 2.26. The maximum atomic E-state index is 10.9. The minimum atomic E-state index is -0.513. The number of likely N-dealkylation sites (N-methyl/N-ethyl adjacent to an activating group) is 1. The van der Waals surface area contributed by atoms with E-state index in [9.17, 15) is 4.79 Å². The monoisotopic (exact) mass is 208 g/mol. The molecule has 1 amide bonds. The molecule has 15 heavy (non-hydrogen) atoms. The van der Waals surface area contributed by atoms with Crippen LogP contribution in [0, 0.1) is 0 Å². The molecule has 0 saturated carbocycles. The van der Waals surface area contributed by atoms with E-state index in [0.717, 1.165) is 18.8 Å². The lowest BCUT2D eigenvalue weighted by atomic mass is 10.2. The van der Waals surface area contributed by atoms with Crippen LogP contribution >= 0.6 is 0 Å². The third-order valence-electron chi connectivity index (χ3n) is 2.14. The lowest BCUT2D eigenvalue weighted by Gasteiger charge is -2.22. The van der Waals surface area contributed by atoms with Crippen molar-refractivity contribution >= 4 is 11.6 Å². The fourth-order valence-corrected chi connectivity index (χ4v) is 1.38. The van der Waals surface area contributed by atoms with Gasteiger partial charge >= 0.3 is 0 Å². The van der Waals surface area contributed by atoms with Gasteiger partial charge in [-0.1, -0.05) is 0 Å². The lowest BCUT2D eigenvalue weighted by Crippen LogP contribution is -2.29. The number of nitrogens with zero attached hydrogens (tertiary/aromatic N) is 2. The topological polar surface area (TPSA) is 85.2 Å². The predicted octanol–water partition coefficient (Wildman–Crippen LogP) is -0.0345. The molecule has 1 heterocycles. The molecule has 0 aliphatic rings. The third kappa shape index (κ3) is 2.92.